The van der Waals surface area contributed by atoms with Crippen molar-refractivity contribution in [3.05, 3.63) is 24.3 Å². The highest BCUT2D eigenvalue weighted by molar-refractivity contribution is 7.47. The molecule has 11 N–H and O–H groups in total. The number of ether oxygens (including phenoxy) is 7. The molecule has 0 aromatic heterocycles. The van der Waals surface area contributed by atoms with E-state index >= 15 is 0 Å². The van der Waals surface area contributed by atoms with Crippen LogP contribution in [0.4, 0.5) is 0 Å². The van der Waals surface area contributed by atoms with Crippen molar-refractivity contribution in [1.29, 1.82) is 0 Å². The smallest absolute Gasteiger partial charge is 0.463 e. The lowest BCUT2D eigenvalue weighted by Crippen LogP contribution is -2.69. The SMILES string of the molecule is CCCCCC/C=C\CCCCCCCCCC(=O)OC(COC(=O)CCCCCCCCCCCCCCCCCC)COP(=O)(O)OC1C(OC2OC(CO)C(O)C(O)C2O)C(O)C(O)C(O)C1OC1OC(COC(=O)CCCCC/C=C\CCCCCCCC)C(O)C(O)C1O. The third kappa shape index (κ3) is 38.9. The summed E-state index contributed by atoms with van der Waals surface area (Å²) in [5, 5.41) is 110. The fourth-order valence-corrected chi connectivity index (χ4v) is 13.6. The number of hydrogen-bond acceptors (Lipinski definition) is 23. The summed E-state index contributed by atoms with van der Waals surface area (Å²) < 4.78 is 65.0. The number of aliphatic hydroxyl groups is 10. The Bertz CT molecular complexity index is 2140. The van der Waals surface area contributed by atoms with E-state index in [0.717, 1.165) is 109 Å². The molecule has 0 spiro atoms. The molecule has 24 nitrogen and oxygen atoms in total. The minimum absolute atomic E-state index is 0.00812. The minimum atomic E-state index is -5.70. The van der Waals surface area contributed by atoms with Gasteiger partial charge in [0, 0.05) is 19.3 Å². The molecule has 99 heavy (non-hydrogen) atoms. The van der Waals surface area contributed by atoms with Crippen LogP contribution in [-0.2, 0) is 61.2 Å². The van der Waals surface area contributed by atoms with Gasteiger partial charge in [0.25, 0.3) is 0 Å². The molecule has 2 aliphatic heterocycles. The normalized spacial score (nSPS) is 27.6. The van der Waals surface area contributed by atoms with E-state index in [1.54, 1.807) is 0 Å². The predicted molar refractivity (Wildman–Crippen MR) is 374 cm³/mol. The third-order valence-corrected chi connectivity index (χ3v) is 19.9. The molecule has 0 bridgehead atoms. The first kappa shape index (κ1) is 90.7. The van der Waals surface area contributed by atoms with Crippen LogP contribution in [0.25, 0.3) is 0 Å². The van der Waals surface area contributed by atoms with Gasteiger partial charge < -0.3 is 89.1 Å². The number of phosphoric ester groups is 1. The lowest BCUT2D eigenvalue weighted by atomic mass is 9.84. The van der Waals surface area contributed by atoms with E-state index in [1.807, 2.05) is 0 Å². The molecular formula is C74H135O24P. The topological polar surface area (TPSA) is 374 Å². The first-order valence-electron chi connectivity index (χ1n) is 38.6. The van der Waals surface area contributed by atoms with Gasteiger partial charge in [-0.3, -0.25) is 23.4 Å². The zero-order chi connectivity index (χ0) is 72.5. The van der Waals surface area contributed by atoms with E-state index in [-0.39, 0.29) is 19.3 Å². The molecule has 3 rings (SSSR count). The van der Waals surface area contributed by atoms with E-state index in [9.17, 15) is 74.9 Å². The summed E-state index contributed by atoms with van der Waals surface area (Å²) in [6.07, 6.45) is 16.6. The molecule has 1 aliphatic carbocycles. The summed E-state index contributed by atoms with van der Waals surface area (Å²) >= 11 is 0. The molecule has 2 heterocycles. The van der Waals surface area contributed by atoms with Gasteiger partial charge >= 0.3 is 25.7 Å². The van der Waals surface area contributed by atoms with E-state index in [2.05, 4.69) is 45.1 Å². The first-order valence-corrected chi connectivity index (χ1v) is 40.1. The molecule has 2 saturated heterocycles. The average molecular weight is 1440 g/mol. The fraction of sp³-hybridized carbons (Fsp3) is 0.905. The number of unbranched alkanes of at least 4 members (excludes halogenated alkanes) is 35. The molecule has 3 aliphatic rings. The second kappa shape index (κ2) is 55.9. The molecule has 3 fully saturated rings. The molecule has 1 saturated carbocycles. The van der Waals surface area contributed by atoms with Crippen LogP contribution in [0.15, 0.2) is 24.3 Å². The Balaban J connectivity index is 1.73. The van der Waals surface area contributed by atoms with Crippen LogP contribution < -0.4 is 0 Å². The zero-order valence-electron chi connectivity index (χ0n) is 60.5. The molecule has 0 radical (unpaired) electrons. The highest BCUT2D eigenvalue weighted by atomic mass is 31.2. The standard InChI is InChI=1S/C74H135O24P/c1-4-7-10-13-16-19-22-25-27-29-31-34-36-39-42-45-48-58(76)90-52-55(93-60(78)50-47-44-41-38-35-32-28-26-23-20-17-14-11-8-5-2)53-92-99(88,89)98-72-70(96-73-68(86)63(81)61(79)56(51-75)94-73)66(84)65(83)67(85)71(72)97-74-69(87)64(82)62(80)57(95-74)54-91-59(77)49-46-43-40-37-33-30-24-21-18-15-12-9-6-3/h20,23,30,33,55-57,61-75,79-87H,4-19,21-22,24-29,31-32,34-54H2,1-3H3,(H,88,89)/b23-20-,33-30-. The van der Waals surface area contributed by atoms with Crippen molar-refractivity contribution < 1.29 is 117 Å². The summed E-state index contributed by atoms with van der Waals surface area (Å²) in [5.74, 6) is -2.00. The van der Waals surface area contributed by atoms with Crippen LogP contribution in [-0.4, -0.2) is 204 Å². The van der Waals surface area contributed by atoms with Gasteiger partial charge in [-0.1, -0.05) is 231 Å². The van der Waals surface area contributed by atoms with Crippen LogP contribution in [0.1, 0.15) is 297 Å². The van der Waals surface area contributed by atoms with Crippen LogP contribution in [0.3, 0.4) is 0 Å². The van der Waals surface area contributed by atoms with Gasteiger partial charge in [0.2, 0.25) is 0 Å². The van der Waals surface area contributed by atoms with Crippen LogP contribution in [0.2, 0.25) is 0 Å². The largest absolute Gasteiger partial charge is 0.472 e. The van der Waals surface area contributed by atoms with Crippen molar-refractivity contribution in [2.45, 2.75) is 401 Å². The number of hydrogen-bond donors (Lipinski definition) is 11. The van der Waals surface area contributed by atoms with E-state index < -0.39 is 156 Å². The fourth-order valence-electron chi connectivity index (χ4n) is 12.6. The molecule has 0 amide bonds. The van der Waals surface area contributed by atoms with Crippen molar-refractivity contribution in [3.63, 3.8) is 0 Å². The monoisotopic (exact) mass is 1440 g/mol. The summed E-state index contributed by atoms with van der Waals surface area (Å²) in [6, 6.07) is 0. The van der Waals surface area contributed by atoms with E-state index in [4.69, 9.17) is 42.2 Å². The highest BCUT2D eigenvalue weighted by Crippen LogP contribution is 2.49. The van der Waals surface area contributed by atoms with Gasteiger partial charge in [-0.05, 0) is 70.6 Å². The minimum Gasteiger partial charge on any atom is -0.463 e. The molecule has 25 heteroatoms. The highest BCUT2D eigenvalue weighted by Gasteiger charge is 2.58. The Morgan fingerprint density at radius 1 is 0.384 bits per heavy atom. The molecular weight excluding hydrogens is 1300 g/mol. The predicted octanol–water partition coefficient (Wildman–Crippen LogP) is 10.9. The number of allylic oxidation sites excluding steroid dienone is 4. The molecule has 0 aromatic rings. The number of aliphatic hydroxyl groups excluding tert-OH is 10. The van der Waals surface area contributed by atoms with Crippen molar-refractivity contribution in [2.75, 3.05) is 26.4 Å². The van der Waals surface area contributed by atoms with Crippen molar-refractivity contribution >= 4 is 25.7 Å². The zero-order valence-corrected chi connectivity index (χ0v) is 61.4. The van der Waals surface area contributed by atoms with Crippen LogP contribution in [0, 0.1) is 0 Å². The van der Waals surface area contributed by atoms with Gasteiger partial charge in [0.15, 0.2) is 18.7 Å². The summed E-state index contributed by atoms with van der Waals surface area (Å²) in [5.41, 5.74) is 0. The number of carbonyl (C=O) groups is 3. The summed E-state index contributed by atoms with van der Waals surface area (Å²) in [4.78, 5) is 51.0. The lowest BCUT2D eigenvalue weighted by Gasteiger charge is -2.49. The maximum Gasteiger partial charge on any atom is 0.472 e. The van der Waals surface area contributed by atoms with Gasteiger partial charge in [-0.25, -0.2) is 4.57 Å². The second-order valence-electron chi connectivity index (χ2n) is 27.7. The van der Waals surface area contributed by atoms with Gasteiger partial charge in [-0.2, -0.15) is 0 Å². The van der Waals surface area contributed by atoms with Crippen molar-refractivity contribution in [3.8, 4) is 0 Å². The number of carbonyl (C=O) groups excluding carboxylic acids is 3. The second-order valence-corrected chi connectivity index (χ2v) is 29.1. The molecule has 580 valence electrons. The molecule has 18 atom stereocenters. The lowest BCUT2D eigenvalue weighted by molar-refractivity contribution is -0.360. The third-order valence-electron chi connectivity index (χ3n) is 19.0. The van der Waals surface area contributed by atoms with Crippen molar-refractivity contribution in [2.24, 2.45) is 0 Å². The maximum atomic E-state index is 14.3. The number of esters is 3. The summed E-state index contributed by atoms with van der Waals surface area (Å²) in [6.45, 7) is 3.43. The van der Waals surface area contributed by atoms with Crippen LogP contribution in [0.5, 0.6) is 0 Å². The molecule has 18 unspecified atom stereocenters. The maximum absolute atomic E-state index is 14.3. The summed E-state index contributed by atoms with van der Waals surface area (Å²) in [7, 11) is -5.70. The quantitative estimate of drug-likeness (QED) is 0.00886. The van der Waals surface area contributed by atoms with Gasteiger partial charge in [-0.15, -0.1) is 0 Å². The van der Waals surface area contributed by atoms with Crippen LogP contribution >= 0.6 is 7.82 Å². The Morgan fingerprint density at radius 2 is 0.707 bits per heavy atom. The first-order chi connectivity index (χ1) is 47.8. The van der Waals surface area contributed by atoms with E-state index in [0.29, 0.717) is 19.3 Å². The van der Waals surface area contributed by atoms with Gasteiger partial charge in [0.1, 0.15) is 98.7 Å². The number of phosphoric acid groups is 1. The Labute approximate surface area is 592 Å². The Kier molecular flexibility index (Phi) is 51.2. The Hall–Kier alpha value is -2.56. The molecule has 0 aromatic carbocycles. The number of rotatable bonds is 60. The average Bonchev–Trinajstić information content (AvgIpc) is 0.763. The van der Waals surface area contributed by atoms with Gasteiger partial charge in [0.05, 0.1) is 13.2 Å². The Morgan fingerprint density at radius 3 is 1.11 bits per heavy atom. The van der Waals surface area contributed by atoms with Crippen molar-refractivity contribution in [1.82, 2.24) is 0 Å². The van der Waals surface area contributed by atoms with E-state index in [1.165, 1.54) is 128 Å².